The Morgan fingerprint density at radius 1 is 0.383 bits per heavy atom. The van der Waals surface area contributed by atoms with Gasteiger partial charge in [0.25, 0.3) is 0 Å². The minimum Gasteiger partial charge on any atom is -0.0622 e. The fourth-order valence-corrected chi connectivity index (χ4v) is 21.4. The minimum absolute atomic E-state index is 1.25. The lowest BCUT2D eigenvalue weighted by atomic mass is 10.2. The first-order valence-electron chi connectivity index (χ1n) is 16.0. The molecule has 0 aliphatic carbocycles. The fraction of sp³-hybridized carbons (Fsp3) is 0.0227. The van der Waals surface area contributed by atoms with E-state index in [1.807, 2.05) is 11.8 Å². The normalized spacial score (nSPS) is 11.6. The SMILES string of the molecule is Cc1ccc(SC(=P(c2ccccc2)(c2ccccc2)c2ccccc2)[P+](c2ccccc2)(c2ccccc2)c2ccccc2)cc1. The highest BCUT2D eigenvalue weighted by atomic mass is 32.2. The zero-order chi connectivity index (χ0) is 31.9. The second-order valence-electron chi connectivity index (χ2n) is 11.6. The van der Waals surface area contributed by atoms with E-state index in [1.54, 1.807) is 0 Å². The monoisotopic (exact) mass is 659 g/mol. The van der Waals surface area contributed by atoms with Crippen LogP contribution in [0, 0.1) is 6.92 Å². The van der Waals surface area contributed by atoms with Gasteiger partial charge in [-0.3, -0.25) is 0 Å². The van der Waals surface area contributed by atoms with Gasteiger partial charge in [-0.1, -0.05) is 175 Å². The predicted molar refractivity (Wildman–Crippen MR) is 212 cm³/mol. The Hall–Kier alpha value is -4.38. The molecule has 7 aromatic rings. The third kappa shape index (κ3) is 5.86. The van der Waals surface area contributed by atoms with Crippen molar-refractivity contribution in [3.8, 4) is 0 Å². The van der Waals surface area contributed by atoms with Gasteiger partial charge in [-0.2, -0.15) is 0 Å². The molecule has 0 nitrogen and oxygen atoms in total. The molecule has 0 atom stereocenters. The summed E-state index contributed by atoms with van der Waals surface area (Å²) >= 11 is 2.00. The lowest BCUT2D eigenvalue weighted by molar-refractivity contribution is 1.38. The standard InChI is InChI=1S/C44H37P2S/c1-36-32-34-43(35-33-36)47-44(45(37-20-8-2-9-21-37,38-22-10-3-11-23-38)39-24-12-4-13-25-39)46(40-26-14-5-15-27-40,41-28-16-6-17-29-41)42-30-18-7-19-31-42/h2-35H,1H3/q+1. The molecule has 0 aliphatic rings. The van der Waals surface area contributed by atoms with Gasteiger partial charge in [0.2, 0.25) is 0 Å². The number of thioether (sulfide) groups is 1. The second-order valence-corrected chi connectivity index (χ2v) is 20.3. The van der Waals surface area contributed by atoms with E-state index in [0.717, 1.165) is 0 Å². The number of aryl methyl sites for hydroxylation is 1. The first-order valence-corrected chi connectivity index (χ1v) is 20.4. The van der Waals surface area contributed by atoms with Crippen LogP contribution < -0.4 is 31.8 Å². The van der Waals surface area contributed by atoms with Gasteiger partial charge >= 0.3 is 0 Å². The number of benzene rings is 7. The van der Waals surface area contributed by atoms with Gasteiger partial charge in [0, 0.05) is 11.8 Å². The fourth-order valence-electron chi connectivity index (χ4n) is 6.54. The summed E-state index contributed by atoms with van der Waals surface area (Å²) in [5, 5.41) is 8.16. The lowest BCUT2D eigenvalue weighted by Gasteiger charge is -2.38. The quantitative estimate of drug-likeness (QED) is 0.110. The molecule has 47 heavy (non-hydrogen) atoms. The van der Waals surface area contributed by atoms with Crippen LogP contribution in [0.2, 0.25) is 0 Å². The highest BCUT2D eigenvalue weighted by molar-refractivity contribution is 8.44. The lowest BCUT2D eigenvalue weighted by Crippen LogP contribution is -2.40. The summed E-state index contributed by atoms with van der Waals surface area (Å²) in [4.78, 5) is 1.25. The van der Waals surface area contributed by atoms with Crippen LogP contribution in [0.3, 0.4) is 0 Å². The molecule has 228 valence electrons. The van der Waals surface area contributed by atoms with Crippen molar-refractivity contribution in [3.63, 3.8) is 0 Å². The largest absolute Gasteiger partial charge is 0.154 e. The Morgan fingerprint density at radius 2 is 0.681 bits per heavy atom. The molecular weight excluding hydrogens is 622 g/mol. The maximum absolute atomic E-state index is 2.53. The smallest absolute Gasteiger partial charge is 0.0622 e. The van der Waals surface area contributed by atoms with Crippen LogP contribution in [0.4, 0.5) is 0 Å². The maximum Gasteiger partial charge on any atom is 0.154 e. The van der Waals surface area contributed by atoms with E-state index < -0.39 is 14.1 Å². The first kappa shape index (κ1) is 31.2. The average molecular weight is 660 g/mol. The summed E-state index contributed by atoms with van der Waals surface area (Å²) in [6, 6.07) is 77.1. The Balaban J connectivity index is 1.83. The highest BCUT2D eigenvalue weighted by Gasteiger charge is 2.55. The van der Waals surface area contributed by atoms with Crippen LogP contribution in [-0.4, -0.2) is 4.37 Å². The molecule has 0 heterocycles. The molecule has 0 aromatic heterocycles. The van der Waals surface area contributed by atoms with Crippen molar-refractivity contribution < 1.29 is 0 Å². The van der Waals surface area contributed by atoms with Gasteiger partial charge in [0.15, 0.2) is 11.6 Å². The van der Waals surface area contributed by atoms with E-state index in [1.165, 1.54) is 46.7 Å². The van der Waals surface area contributed by atoms with Gasteiger partial charge in [-0.15, -0.1) is 0 Å². The highest BCUT2D eigenvalue weighted by Crippen LogP contribution is 2.69. The van der Waals surface area contributed by atoms with E-state index in [9.17, 15) is 0 Å². The molecule has 0 aliphatic heterocycles. The second kappa shape index (κ2) is 14.2. The van der Waals surface area contributed by atoms with E-state index >= 15 is 0 Å². The number of rotatable bonds is 9. The van der Waals surface area contributed by atoms with Crippen LogP contribution in [-0.2, 0) is 0 Å². The average Bonchev–Trinajstić information content (AvgIpc) is 3.16. The molecule has 0 bridgehead atoms. The van der Waals surface area contributed by atoms with Gasteiger partial charge in [0.05, 0.1) is 0 Å². The van der Waals surface area contributed by atoms with Crippen molar-refractivity contribution >= 4 is 62.1 Å². The summed E-state index contributed by atoms with van der Waals surface area (Å²) in [5.41, 5.74) is 1.27. The van der Waals surface area contributed by atoms with Crippen molar-refractivity contribution in [3.05, 3.63) is 212 Å². The summed E-state index contributed by atoms with van der Waals surface area (Å²) in [6.07, 6.45) is 0. The Bertz CT molecular complexity index is 1880. The minimum atomic E-state index is -2.53. The molecule has 0 radical (unpaired) electrons. The summed E-state index contributed by atoms with van der Waals surface area (Å²) < 4.78 is 1.51. The van der Waals surface area contributed by atoms with Crippen LogP contribution in [0.25, 0.3) is 0 Å². The zero-order valence-electron chi connectivity index (χ0n) is 26.4. The maximum atomic E-state index is 2.37. The van der Waals surface area contributed by atoms with Crippen molar-refractivity contribution in [1.29, 1.82) is 0 Å². The van der Waals surface area contributed by atoms with E-state index in [0.29, 0.717) is 0 Å². The molecular formula is C44H37P2S+. The van der Waals surface area contributed by atoms with E-state index in [2.05, 4.69) is 213 Å². The summed E-state index contributed by atoms with van der Waals surface area (Å²) in [6.45, 7) is -0.359. The van der Waals surface area contributed by atoms with Crippen LogP contribution in [0.1, 0.15) is 5.56 Å². The van der Waals surface area contributed by atoms with Gasteiger partial charge in [0.1, 0.15) is 15.9 Å². The number of hydrogen-bond donors (Lipinski definition) is 0. The first-order chi connectivity index (χ1) is 23.2. The van der Waals surface area contributed by atoms with Crippen molar-refractivity contribution in [1.82, 2.24) is 0 Å². The van der Waals surface area contributed by atoms with Gasteiger partial charge in [-0.05, 0) is 71.4 Å². The molecule has 3 heteroatoms. The molecule has 0 spiro atoms. The summed E-state index contributed by atoms with van der Waals surface area (Å²) in [5.74, 6) is 0. The van der Waals surface area contributed by atoms with Crippen molar-refractivity contribution in [2.24, 2.45) is 0 Å². The van der Waals surface area contributed by atoms with E-state index in [4.69, 9.17) is 0 Å². The molecule has 0 saturated carbocycles. The van der Waals surface area contributed by atoms with Crippen LogP contribution >= 0.6 is 25.9 Å². The molecule has 0 N–H and O–H groups in total. The topological polar surface area (TPSA) is 0 Å². The predicted octanol–water partition coefficient (Wildman–Crippen LogP) is 9.16. The summed E-state index contributed by atoms with van der Waals surface area (Å²) in [7, 11) is -2.53. The molecule has 0 amide bonds. The Labute approximate surface area is 284 Å². The number of hydrogen-bond acceptors (Lipinski definition) is 1. The van der Waals surface area contributed by atoms with E-state index in [-0.39, 0.29) is 0 Å². The Morgan fingerprint density at radius 3 is 1.00 bits per heavy atom. The Kier molecular flexibility index (Phi) is 9.41. The molecule has 0 fully saturated rings. The molecule has 0 unspecified atom stereocenters. The van der Waals surface area contributed by atoms with Gasteiger partial charge in [-0.25, -0.2) is 0 Å². The third-order valence-corrected chi connectivity index (χ3v) is 20.9. The molecule has 7 aromatic carbocycles. The van der Waals surface area contributed by atoms with Crippen LogP contribution in [0.15, 0.2) is 211 Å². The third-order valence-electron chi connectivity index (χ3n) is 8.66. The zero-order valence-corrected chi connectivity index (χ0v) is 29.0. The van der Waals surface area contributed by atoms with Crippen LogP contribution in [0.5, 0.6) is 0 Å². The molecule has 0 saturated heterocycles. The van der Waals surface area contributed by atoms with Gasteiger partial charge < -0.3 is 0 Å². The van der Waals surface area contributed by atoms with Crippen molar-refractivity contribution in [2.45, 2.75) is 11.8 Å². The van der Waals surface area contributed by atoms with Crippen molar-refractivity contribution in [2.75, 3.05) is 0 Å². The molecule has 7 rings (SSSR count).